The average molecular weight is 378 g/mol. The van der Waals surface area contributed by atoms with Crippen LogP contribution in [0.15, 0.2) is 36.7 Å². The summed E-state index contributed by atoms with van der Waals surface area (Å²) in [6.07, 6.45) is -1.71. The second kappa shape index (κ2) is 6.49. The predicted octanol–water partition coefficient (Wildman–Crippen LogP) is 2.42. The van der Waals surface area contributed by atoms with Crippen LogP contribution in [-0.2, 0) is 12.7 Å². The van der Waals surface area contributed by atoms with Crippen LogP contribution in [0.5, 0.6) is 0 Å². The standard InChI is InChI=1S/C18H17F3N4O2/c19-18(20,21)12-3-1-10(2-4-12)5-22-15-13-8-25(9-14(13)15)17-23-6-11(7-24-17)16(26)27/h1-4,6-7,13-15,22H,5,8-9H2,(H,26,27)/t13-,14+,15?. The zero-order valence-electron chi connectivity index (χ0n) is 14.1. The number of alkyl halides is 3. The Morgan fingerprint density at radius 3 is 2.26 bits per heavy atom. The maximum atomic E-state index is 12.6. The number of nitrogens with zero attached hydrogens (tertiary/aromatic N) is 3. The lowest BCUT2D eigenvalue weighted by Crippen LogP contribution is -2.32. The van der Waals surface area contributed by atoms with E-state index in [0.29, 0.717) is 30.4 Å². The fraction of sp³-hybridized carbons (Fsp3) is 0.389. The minimum absolute atomic E-state index is 0.0548. The smallest absolute Gasteiger partial charge is 0.416 e. The zero-order chi connectivity index (χ0) is 19.2. The van der Waals surface area contributed by atoms with Crippen LogP contribution < -0.4 is 10.2 Å². The Morgan fingerprint density at radius 2 is 1.74 bits per heavy atom. The van der Waals surface area contributed by atoms with E-state index in [0.717, 1.165) is 30.8 Å². The fourth-order valence-electron chi connectivity index (χ4n) is 3.63. The first kappa shape index (κ1) is 17.7. The minimum atomic E-state index is -4.31. The topological polar surface area (TPSA) is 78.3 Å². The van der Waals surface area contributed by atoms with Crippen molar-refractivity contribution >= 4 is 11.9 Å². The molecule has 27 heavy (non-hydrogen) atoms. The van der Waals surface area contributed by atoms with Gasteiger partial charge in [0.15, 0.2) is 0 Å². The van der Waals surface area contributed by atoms with Crippen molar-refractivity contribution in [3.05, 3.63) is 53.3 Å². The molecule has 1 aromatic heterocycles. The Morgan fingerprint density at radius 1 is 1.15 bits per heavy atom. The molecular formula is C18H17F3N4O2. The Hall–Kier alpha value is -2.68. The number of halogens is 3. The van der Waals surface area contributed by atoms with Crippen molar-refractivity contribution in [2.24, 2.45) is 11.8 Å². The predicted molar refractivity (Wildman–Crippen MR) is 90.3 cm³/mol. The van der Waals surface area contributed by atoms with Crippen LogP contribution >= 0.6 is 0 Å². The molecule has 0 spiro atoms. The molecule has 0 bridgehead atoms. The molecule has 4 rings (SSSR count). The molecular weight excluding hydrogens is 361 g/mol. The van der Waals surface area contributed by atoms with Gasteiger partial charge in [0.05, 0.1) is 11.1 Å². The molecule has 2 N–H and O–H groups in total. The van der Waals surface area contributed by atoms with Crippen LogP contribution in [-0.4, -0.2) is 40.2 Å². The van der Waals surface area contributed by atoms with Crippen molar-refractivity contribution in [1.82, 2.24) is 15.3 Å². The monoisotopic (exact) mass is 378 g/mol. The number of piperidine rings is 1. The van der Waals surface area contributed by atoms with Crippen molar-refractivity contribution in [1.29, 1.82) is 0 Å². The number of carbonyl (C=O) groups is 1. The molecule has 1 saturated heterocycles. The van der Waals surface area contributed by atoms with Crippen LogP contribution in [0.3, 0.4) is 0 Å². The maximum absolute atomic E-state index is 12.6. The van der Waals surface area contributed by atoms with Gasteiger partial charge in [-0.1, -0.05) is 12.1 Å². The van der Waals surface area contributed by atoms with Crippen molar-refractivity contribution in [3.8, 4) is 0 Å². The molecule has 2 heterocycles. The van der Waals surface area contributed by atoms with E-state index in [2.05, 4.69) is 15.3 Å². The van der Waals surface area contributed by atoms with Crippen LogP contribution in [0.1, 0.15) is 21.5 Å². The maximum Gasteiger partial charge on any atom is 0.416 e. The molecule has 1 saturated carbocycles. The number of hydrogen-bond acceptors (Lipinski definition) is 5. The molecule has 1 aromatic carbocycles. The second-order valence-electron chi connectivity index (χ2n) is 6.91. The highest BCUT2D eigenvalue weighted by Gasteiger charge is 2.55. The summed E-state index contributed by atoms with van der Waals surface area (Å²) in [6, 6.07) is 5.53. The third-order valence-electron chi connectivity index (χ3n) is 5.19. The first-order chi connectivity index (χ1) is 12.8. The molecule has 3 atom stereocenters. The number of benzene rings is 1. The van der Waals surface area contributed by atoms with Gasteiger partial charge in [-0.15, -0.1) is 0 Å². The fourth-order valence-corrected chi connectivity index (χ4v) is 3.63. The SMILES string of the molecule is O=C(O)c1cnc(N2C[C@@H]3C(NCc4ccc(C(F)(F)F)cc4)[C@@H]3C2)nc1. The molecule has 6 nitrogen and oxygen atoms in total. The number of aromatic nitrogens is 2. The number of fused-ring (bicyclic) bond motifs is 1. The van der Waals surface area contributed by atoms with Crippen LogP contribution in [0.2, 0.25) is 0 Å². The largest absolute Gasteiger partial charge is 0.478 e. The van der Waals surface area contributed by atoms with Crippen molar-refractivity contribution in [2.75, 3.05) is 18.0 Å². The lowest BCUT2D eigenvalue weighted by molar-refractivity contribution is -0.137. The number of hydrogen-bond donors (Lipinski definition) is 2. The van der Waals surface area contributed by atoms with Gasteiger partial charge in [-0.2, -0.15) is 13.2 Å². The molecule has 2 aliphatic rings. The number of nitrogens with one attached hydrogen (secondary N) is 1. The summed E-state index contributed by atoms with van der Waals surface area (Å²) in [6.45, 7) is 2.09. The normalized spacial score (nSPS) is 24.0. The third-order valence-corrected chi connectivity index (χ3v) is 5.19. The minimum Gasteiger partial charge on any atom is -0.478 e. The number of carboxylic acids is 1. The van der Waals surface area contributed by atoms with Gasteiger partial charge in [-0.3, -0.25) is 0 Å². The van der Waals surface area contributed by atoms with Gasteiger partial charge in [0.1, 0.15) is 0 Å². The summed E-state index contributed by atoms with van der Waals surface area (Å²) in [4.78, 5) is 21.1. The summed E-state index contributed by atoms with van der Waals surface area (Å²) in [5, 5.41) is 12.3. The number of aromatic carboxylic acids is 1. The van der Waals surface area contributed by atoms with Gasteiger partial charge in [-0.25, -0.2) is 14.8 Å². The van der Waals surface area contributed by atoms with E-state index >= 15 is 0 Å². The van der Waals surface area contributed by atoms with E-state index < -0.39 is 17.7 Å². The van der Waals surface area contributed by atoms with Crippen LogP contribution in [0.25, 0.3) is 0 Å². The van der Waals surface area contributed by atoms with Crippen LogP contribution in [0.4, 0.5) is 19.1 Å². The molecule has 9 heteroatoms. The Labute approximate surface area is 153 Å². The van der Waals surface area contributed by atoms with E-state index in [1.54, 1.807) is 0 Å². The van der Waals surface area contributed by atoms with Gasteiger partial charge >= 0.3 is 12.1 Å². The van der Waals surface area contributed by atoms with E-state index in [4.69, 9.17) is 5.11 Å². The zero-order valence-corrected chi connectivity index (χ0v) is 14.1. The lowest BCUT2D eigenvalue weighted by Gasteiger charge is -2.20. The van der Waals surface area contributed by atoms with Gasteiger partial charge in [0.25, 0.3) is 0 Å². The van der Waals surface area contributed by atoms with E-state index in [9.17, 15) is 18.0 Å². The average Bonchev–Trinajstić information content (AvgIpc) is 3.08. The van der Waals surface area contributed by atoms with Crippen molar-refractivity contribution in [3.63, 3.8) is 0 Å². The summed E-state index contributed by atoms with van der Waals surface area (Å²) >= 11 is 0. The summed E-state index contributed by atoms with van der Waals surface area (Å²) in [5.74, 6) is 0.358. The molecule has 2 fully saturated rings. The molecule has 142 valence electrons. The van der Waals surface area contributed by atoms with E-state index in [1.165, 1.54) is 24.5 Å². The first-order valence-corrected chi connectivity index (χ1v) is 8.53. The molecule has 1 aliphatic heterocycles. The Balaban J connectivity index is 1.27. The second-order valence-corrected chi connectivity index (χ2v) is 6.91. The summed E-state index contributed by atoms with van der Waals surface area (Å²) in [7, 11) is 0. The quantitative estimate of drug-likeness (QED) is 0.832. The molecule has 2 aromatic rings. The molecule has 0 amide bonds. The van der Waals surface area contributed by atoms with E-state index in [1.807, 2.05) is 4.90 Å². The number of anilines is 1. The van der Waals surface area contributed by atoms with Gasteiger partial charge in [-0.05, 0) is 29.5 Å². The van der Waals surface area contributed by atoms with Crippen molar-refractivity contribution in [2.45, 2.75) is 18.8 Å². The lowest BCUT2D eigenvalue weighted by atomic mass is 10.1. The first-order valence-electron chi connectivity index (χ1n) is 8.53. The highest BCUT2D eigenvalue weighted by Crippen LogP contribution is 2.46. The third kappa shape index (κ3) is 3.59. The highest BCUT2D eigenvalue weighted by molar-refractivity contribution is 5.86. The van der Waals surface area contributed by atoms with E-state index in [-0.39, 0.29) is 5.56 Å². The highest BCUT2D eigenvalue weighted by atomic mass is 19.4. The Bertz CT molecular complexity index is 827. The van der Waals surface area contributed by atoms with Gasteiger partial charge < -0.3 is 15.3 Å². The molecule has 0 radical (unpaired) electrons. The summed E-state index contributed by atoms with van der Waals surface area (Å²) < 4.78 is 37.7. The van der Waals surface area contributed by atoms with Crippen molar-refractivity contribution < 1.29 is 23.1 Å². The van der Waals surface area contributed by atoms with Gasteiger partial charge in [0.2, 0.25) is 5.95 Å². The Kier molecular flexibility index (Phi) is 4.26. The number of rotatable bonds is 5. The summed E-state index contributed by atoms with van der Waals surface area (Å²) in [5.41, 5.74) is 0.232. The molecule has 1 aliphatic carbocycles. The van der Waals surface area contributed by atoms with Gasteiger partial charge in [0, 0.05) is 38.1 Å². The molecule has 1 unspecified atom stereocenters. The van der Waals surface area contributed by atoms with Crippen LogP contribution in [0, 0.1) is 11.8 Å². The number of carboxylic acid groups (broad SMARTS) is 1.